The number of hydrogen-bond acceptors (Lipinski definition) is 3. The minimum absolute atomic E-state index is 0.541. The number of benzene rings is 1. The Morgan fingerprint density at radius 3 is 2.71 bits per heavy atom. The van der Waals surface area contributed by atoms with Crippen LogP contribution >= 0.6 is 0 Å². The fraction of sp³-hybridized carbons (Fsp3) is 0.182. The zero-order chi connectivity index (χ0) is 10.2. The fourth-order valence-electron chi connectivity index (χ4n) is 0.855. The van der Waals surface area contributed by atoms with Crippen LogP contribution in [0.4, 0.5) is 5.69 Å². The van der Waals surface area contributed by atoms with Crippen molar-refractivity contribution in [1.29, 1.82) is 0 Å². The quantitative estimate of drug-likeness (QED) is 0.528. The van der Waals surface area contributed by atoms with Crippen molar-refractivity contribution in [3.8, 4) is 5.75 Å². The van der Waals surface area contributed by atoms with Crippen molar-refractivity contribution in [2.75, 3.05) is 13.7 Å². The molecule has 0 amide bonds. The fourth-order valence-corrected chi connectivity index (χ4v) is 0.855. The maximum Gasteiger partial charge on any atom is 0.119 e. The maximum atomic E-state index is 5.01. The van der Waals surface area contributed by atoms with Crippen molar-refractivity contribution < 1.29 is 4.74 Å². The van der Waals surface area contributed by atoms with Gasteiger partial charge in [-0.1, -0.05) is 6.08 Å². The van der Waals surface area contributed by atoms with Crippen LogP contribution in [0.3, 0.4) is 0 Å². The van der Waals surface area contributed by atoms with Crippen LogP contribution in [0.15, 0.2) is 46.9 Å². The van der Waals surface area contributed by atoms with Gasteiger partial charge in [0.1, 0.15) is 5.75 Å². The highest BCUT2D eigenvalue weighted by Gasteiger charge is 1.89. The molecular weight excluding hydrogens is 176 g/mol. The molecule has 0 fully saturated rings. The second-order valence-corrected chi connectivity index (χ2v) is 2.54. The van der Waals surface area contributed by atoms with Gasteiger partial charge in [-0.3, -0.25) is 0 Å². The number of rotatable bonds is 4. The Labute approximate surface area is 83.5 Å². The average Bonchev–Trinajstić information content (AvgIpc) is 2.25. The molecule has 0 heterocycles. The molecule has 0 N–H and O–H groups in total. The Bertz CT molecular complexity index is 348. The molecule has 0 bridgehead atoms. The molecule has 0 radical (unpaired) electrons. The summed E-state index contributed by atoms with van der Waals surface area (Å²) < 4.78 is 5.01. The molecule has 0 unspecified atom stereocenters. The minimum Gasteiger partial charge on any atom is -0.497 e. The molecule has 1 aromatic rings. The van der Waals surface area contributed by atoms with Crippen molar-refractivity contribution in [2.24, 2.45) is 9.98 Å². The lowest BCUT2D eigenvalue weighted by Crippen LogP contribution is -1.79. The summed E-state index contributed by atoms with van der Waals surface area (Å²) in [7, 11) is 1.63. The van der Waals surface area contributed by atoms with Crippen LogP contribution in [0.25, 0.3) is 0 Å². The van der Waals surface area contributed by atoms with Gasteiger partial charge in [-0.05, 0) is 24.3 Å². The topological polar surface area (TPSA) is 34.0 Å². The van der Waals surface area contributed by atoms with Crippen molar-refractivity contribution in [2.45, 2.75) is 0 Å². The molecule has 0 saturated carbocycles. The predicted molar refractivity (Wildman–Crippen MR) is 57.6 cm³/mol. The smallest absolute Gasteiger partial charge is 0.119 e. The van der Waals surface area contributed by atoms with Crippen molar-refractivity contribution >= 4 is 11.7 Å². The van der Waals surface area contributed by atoms with Crippen molar-refractivity contribution in [3.05, 3.63) is 36.9 Å². The lowest BCUT2D eigenvalue weighted by atomic mass is 10.3. The van der Waals surface area contributed by atoms with Crippen molar-refractivity contribution in [3.63, 3.8) is 0 Å². The maximum absolute atomic E-state index is 5.01. The van der Waals surface area contributed by atoms with Gasteiger partial charge in [0.05, 0.1) is 25.4 Å². The third-order valence-corrected chi connectivity index (χ3v) is 1.54. The molecular formula is C11H12N2O. The average molecular weight is 188 g/mol. The summed E-state index contributed by atoms with van der Waals surface area (Å²) in [6.45, 7) is 4.08. The lowest BCUT2D eigenvalue weighted by Gasteiger charge is -1.97. The van der Waals surface area contributed by atoms with Gasteiger partial charge >= 0.3 is 0 Å². The summed E-state index contributed by atoms with van der Waals surface area (Å²) in [5, 5.41) is 0. The molecule has 14 heavy (non-hydrogen) atoms. The van der Waals surface area contributed by atoms with Crippen LogP contribution in [-0.4, -0.2) is 19.7 Å². The zero-order valence-corrected chi connectivity index (χ0v) is 8.10. The molecule has 0 spiro atoms. The van der Waals surface area contributed by atoms with E-state index in [0.29, 0.717) is 6.54 Å². The Balaban J connectivity index is 2.68. The van der Waals surface area contributed by atoms with E-state index < -0.39 is 0 Å². The molecule has 3 nitrogen and oxygen atoms in total. The van der Waals surface area contributed by atoms with E-state index >= 15 is 0 Å². The summed E-state index contributed by atoms with van der Waals surface area (Å²) in [5.41, 5.74) is 0.804. The van der Waals surface area contributed by atoms with Gasteiger partial charge in [0.25, 0.3) is 0 Å². The highest BCUT2D eigenvalue weighted by Crippen LogP contribution is 2.16. The number of ether oxygens (including phenoxy) is 1. The molecule has 1 rings (SSSR count). The van der Waals surface area contributed by atoms with Gasteiger partial charge in [-0.25, -0.2) is 4.99 Å². The predicted octanol–water partition coefficient (Wildman–Crippen LogP) is 2.69. The number of aliphatic imine (C=N–C) groups is 2. The third-order valence-electron chi connectivity index (χ3n) is 1.54. The molecule has 0 aliphatic rings. The second-order valence-electron chi connectivity index (χ2n) is 2.54. The van der Waals surface area contributed by atoms with E-state index in [2.05, 4.69) is 22.6 Å². The molecule has 0 saturated heterocycles. The first-order valence-electron chi connectivity index (χ1n) is 4.24. The van der Waals surface area contributed by atoms with Gasteiger partial charge < -0.3 is 4.74 Å². The summed E-state index contributed by atoms with van der Waals surface area (Å²) in [5.74, 6) is 0.812. The van der Waals surface area contributed by atoms with E-state index in [1.807, 2.05) is 24.3 Å². The molecule has 0 aliphatic carbocycles. The van der Waals surface area contributed by atoms with Crippen LogP contribution in [-0.2, 0) is 0 Å². The van der Waals surface area contributed by atoms with Gasteiger partial charge in [0, 0.05) is 0 Å². The minimum atomic E-state index is 0.541. The van der Waals surface area contributed by atoms with E-state index in [0.717, 1.165) is 11.4 Å². The van der Waals surface area contributed by atoms with Gasteiger partial charge in [-0.2, -0.15) is 4.99 Å². The SMILES string of the molecule is C=CCN=C=Nc1ccc(OC)cc1. The summed E-state index contributed by atoms with van der Waals surface area (Å²) in [4.78, 5) is 7.86. The lowest BCUT2D eigenvalue weighted by molar-refractivity contribution is 0.415. The first kappa shape index (κ1) is 10.2. The Morgan fingerprint density at radius 2 is 2.14 bits per heavy atom. The number of hydrogen-bond donors (Lipinski definition) is 0. The molecule has 0 atom stereocenters. The first-order valence-corrected chi connectivity index (χ1v) is 4.24. The van der Waals surface area contributed by atoms with Gasteiger partial charge in [0.15, 0.2) is 0 Å². The van der Waals surface area contributed by atoms with E-state index in [4.69, 9.17) is 4.74 Å². The van der Waals surface area contributed by atoms with Crippen LogP contribution < -0.4 is 4.74 Å². The van der Waals surface area contributed by atoms with E-state index in [-0.39, 0.29) is 0 Å². The van der Waals surface area contributed by atoms with Gasteiger partial charge in [0.2, 0.25) is 0 Å². The molecule has 3 heteroatoms. The van der Waals surface area contributed by atoms with Crippen LogP contribution in [0.1, 0.15) is 0 Å². The number of methoxy groups -OCH3 is 1. The van der Waals surface area contributed by atoms with E-state index in [1.54, 1.807) is 13.2 Å². The Kier molecular flexibility index (Phi) is 4.18. The standard InChI is InChI=1S/C11H12N2O/c1-3-8-12-9-13-10-4-6-11(14-2)7-5-10/h3-7H,1,8H2,2H3. The monoisotopic (exact) mass is 188 g/mol. The Morgan fingerprint density at radius 1 is 1.43 bits per heavy atom. The van der Waals surface area contributed by atoms with Crippen LogP contribution in [0.5, 0.6) is 5.75 Å². The number of nitrogens with zero attached hydrogens (tertiary/aromatic N) is 2. The zero-order valence-electron chi connectivity index (χ0n) is 8.10. The summed E-state index contributed by atoms with van der Waals surface area (Å²) in [6, 6.07) is 9.95. The molecule has 1 aromatic carbocycles. The molecule has 0 aromatic heterocycles. The van der Waals surface area contributed by atoms with E-state index in [1.165, 1.54) is 0 Å². The molecule has 72 valence electrons. The van der Waals surface area contributed by atoms with Crippen molar-refractivity contribution in [1.82, 2.24) is 0 Å². The summed E-state index contributed by atoms with van der Waals surface area (Å²) in [6.07, 6.45) is 1.69. The Hall–Kier alpha value is -1.86. The largest absolute Gasteiger partial charge is 0.497 e. The highest BCUT2D eigenvalue weighted by atomic mass is 16.5. The van der Waals surface area contributed by atoms with E-state index in [9.17, 15) is 0 Å². The van der Waals surface area contributed by atoms with Crippen LogP contribution in [0.2, 0.25) is 0 Å². The summed E-state index contributed by atoms with van der Waals surface area (Å²) >= 11 is 0. The molecule has 0 aliphatic heterocycles. The third kappa shape index (κ3) is 3.25. The van der Waals surface area contributed by atoms with Gasteiger partial charge in [-0.15, -0.1) is 6.58 Å². The van der Waals surface area contributed by atoms with Crippen LogP contribution in [0, 0.1) is 0 Å². The highest BCUT2D eigenvalue weighted by molar-refractivity contribution is 5.53. The first-order chi connectivity index (χ1) is 6.86. The second kappa shape index (κ2) is 5.73. The normalized spacial score (nSPS) is 8.64.